The molecule has 0 spiro atoms. The van der Waals surface area contributed by atoms with Gasteiger partial charge in [-0.25, -0.2) is 0 Å². The van der Waals surface area contributed by atoms with Gasteiger partial charge in [0.15, 0.2) is 0 Å². The number of allylic oxidation sites excluding steroid dienone is 5. The molecule has 0 aromatic rings. The van der Waals surface area contributed by atoms with Gasteiger partial charge in [0.1, 0.15) is 0 Å². The van der Waals surface area contributed by atoms with Crippen LogP contribution < -0.4 is 0 Å². The summed E-state index contributed by atoms with van der Waals surface area (Å²) < 4.78 is 0. The molecule has 1 heterocycles. The summed E-state index contributed by atoms with van der Waals surface area (Å²) in [4.78, 5) is 4.52. The van der Waals surface area contributed by atoms with Crippen molar-refractivity contribution in [2.45, 2.75) is 25.7 Å². The van der Waals surface area contributed by atoms with Crippen molar-refractivity contribution in [1.82, 2.24) is 0 Å². The molecule has 2 rings (SSSR count). The van der Waals surface area contributed by atoms with E-state index in [1.165, 1.54) is 37.0 Å². The summed E-state index contributed by atoms with van der Waals surface area (Å²) in [6.07, 6.45) is 15.8. The Morgan fingerprint density at radius 1 is 1.15 bits per heavy atom. The van der Waals surface area contributed by atoms with Crippen LogP contribution in [0.4, 0.5) is 0 Å². The first kappa shape index (κ1) is 8.49. The molecule has 0 atom stereocenters. The zero-order valence-electron chi connectivity index (χ0n) is 7.87. The molecule has 0 aromatic carbocycles. The van der Waals surface area contributed by atoms with Crippen molar-refractivity contribution in [3.8, 4) is 0 Å². The molecule has 0 aromatic heterocycles. The van der Waals surface area contributed by atoms with Gasteiger partial charge in [0.25, 0.3) is 0 Å². The van der Waals surface area contributed by atoms with E-state index >= 15 is 0 Å². The SMILES string of the molecule is C1=CCN=C(C2=CCCCC2)C=C1. The fourth-order valence-corrected chi connectivity index (χ4v) is 1.77. The predicted octanol–water partition coefficient (Wildman–Crippen LogP) is 3.05. The lowest BCUT2D eigenvalue weighted by molar-refractivity contribution is 0.717. The third-order valence-electron chi connectivity index (χ3n) is 2.49. The zero-order chi connectivity index (χ0) is 8.93. The van der Waals surface area contributed by atoms with E-state index in [4.69, 9.17) is 0 Å². The van der Waals surface area contributed by atoms with Crippen LogP contribution in [0.2, 0.25) is 0 Å². The minimum absolute atomic E-state index is 0.833. The van der Waals surface area contributed by atoms with E-state index in [-0.39, 0.29) is 0 Å². The Morgan fingerprint density at radius 2 is 2.15 bits per heavy atom. The van der Waals surface area contributed by atoms with Crippen molar-refractivity contribution >= 4 is 5.71 Å². The second kappa shape index (κ2) is 4.22. The zero-order valence-corrected chi connectivity index (χ0v) is 7.87. The van der Waals surface area contributed by atoms with Gasteiger partial charge < -0.3 is 0 Å². The number of rotatable bonds is 1. The highest BCUT2D eigenvalue weighted by molar-refractivity contribution is 6.08. The monoisotopic (exact) mass is 173 g/mol. The molecule has 1 nitrogen and oxygen atoms in total. The van der Waals surface area contributed by atoms with Crippen molar-refractivity contribution in [3.63, 3.8) is 0 Å². The Labute approximate surface area is 79.6 Å². The smallest absolute Gasteiger partial charge is 0.0606 e. The maximum Gasteiger partial charge on any atom is 0.0606 e. The van der Waals surface area contributed by atoms with E-state index in [1.807, 2.05) is 0 Å². The largest absolute Gasteiger partial charge is 0.281 e. The summed E-state index contributed by atoms with van der Waals surface area (Å²) in [6.45, 7) is 0.833. The highest BCUT2D eigenvalue weighted by Crippen LogP contribution is 2.19. The quantitative estimate of drug-likeness (QED) is 0.578. The summed E-state index contributed by atoms with van der Waals surface area (Å²) in [7, 11) is 0. The molecule has 0 saturated heterocycles. The van der Waals surface area contributed by atoms with Crippen LogP contribution in [-0.2, 0) is 0 Å². The fourth-order valence-electron chi connectivity index (χ4n) is 1.77. The molecular weight excluding hydrogens is 158 g/mol. The second-order valence-corrected chi connectivity index (χ2v) is 3.49. The molecule has 2 aliphatic rings. The lowest BCUT2D eigenvalue weighted by Crippen LogP contribution is -2.03. The Kier molecular flexibility index (Phi) is 2.75. The van der Waals surface area contributed by atoms with Gasteiger partial charge in [-0.2, -0.15) is 0 Å². The molecule has 13 heavy (non-hydrogen) atoms. The highest BCUT2D eigenvalue weighted by Gasteiger charge is 2.07. The lowest BCUT2D eigenvalue weighted by atomic mass is 9.96. The number of hydrogen-bond acceptors (Lipinski definition) is 1. The molecule has 0 radical (unpaired) electrons. The Hall–Kier alpha value is -1.11. The van der Waals surface area contributed by atoms with Gasteiger partial charge in [-0.05, 0) is 37.3 Å². The minimum atomic E-state index is 0.833. The van der Waals surface area contributed by atoms with Gasteiger partial charge in [-0.15, -0.1) is 0 Å². The third kappa shape index (κ3) is 2.18. The van der Waals surface area contributed by atoms with E-state index < -0.39 is 0 Å². The molecule has 1 aliphatic carbocycles. The van der Waals surface area contributed by atoms with Crippen LogP contribution in [-0.4, -0.2) is 12.3 Å². The van der Waals surface area contributed by atoms with Crippen LogP contribution >= 0.6 is 0 Å². The van der Waals surface area contributed by atoms with Gasteiger partial charge in [0.2, 0.25) is 0 Å². The average Bonchev–Trinajstić information content (AvgIpc) is 2.47. The maximum absolute atomic E-state index is 4.52. The fraction of sp³-hybridized carbons (Fsp3) is 0.417. The van der Waals surface area contributed by atoms with Crippen molar-refractivity contribution in [2.24, 2.45) is 4.99 Å². The Bertz CT molecular complexity index is 292. The molecule has 0 saturated carbocycles. The lowest BCUT2D eigenvalue weighted by Gasteiger charge is -2.12. The second-order valence-electron chi connectivity index (χ2n) is 3.49. The molecule has 0 unspecified atom stereocenters. The van der Waals surface area contributed by atoms with Crippen LogP contribution in [0.5, 0.6) is 0 Å². The number of nitrogens with zero attached hydrogens (tertiary/aromatic N) is 1. The molecule has 68 valence electrons. The molecule has 0 N–H and O–H groups in total. The topological polar surface area (TPSA) is 12.4 Å². The molecule has 0 fully saturated rings. The maximum atomic E-state index is 4.52. The highest BCUT2D eigenvalue weighted by atomic mass is 14.7. The summed E-state index contributed by atoms with van der Waals surface area (Å²) >= 11 is 0. The van der Waals surface area contributed by atoms with Crippen LogP contribution in [0.25, 0.3) is 0 Å². The predicted molar refractivity (Wildman–Crippen MR) is 57.1 cm³/mol. The Morgan fingerprint density at radius 3 is 3.00 bits per heavy atom. The molecule has 1 aliphatic heterocycles. The van der Waals surface area contributed by atoms with Gasteiger partial charge in [-0.1, -0.05) is 24.3 Å². The van der Waals surface area contributed by atoms with Gasteiger partial charge in [0, 0.05) is 0 Å². The van der Waals surface area contributed by atoms with E-state index in [0.717, 1.165) is 6.54 Å². The van der Waals surface area contributed by atoms with E-state index in [0.29, 0.717) is 0 Å². The van der Waals surface area contributed by atoms with Crippen molar-refractivity contribution < 1.29 is 0 Å². The van der Waals surface area contributed by atoms with Crippen LogP contribution in [0.3, 0.4) is 0 Å². The van der Waals surface area contributed by atoms with Gasteiger partial charge >= 0.3 is 0 Å². The molecule has 1 heteroatoms. The van der Waals surface area contributed by atoms with Crippen molar-refractivity contribution in [2.75, 3.05) is 6.54 Å². The summed E-state index contributed by atoms with van der Waals surface area (Å²) in [6, 6.07) is 0. The first-order valence-corrected chi connectivity index (χ1v) is 5.04. The first-order chi connectivity index (χ1) is 6.47. The third-order valence-corrected chi connectivity index (χ3v) is 2.49. The Balaban J connectivity index is 2.15. The van der Waals surface area contributed by atoms with E-state index in [2.05, 4.69) is 35.4 Å². The normalized spacial score (nSPS) is 22.2. The van der Waals surface area contributed by atoms with Gasteiger partial charge in [-0.3, -0.25) is 4.99 Å². The van der Waals surface area contributed by atoms with Crippen molar-refractivity contribution in [1.29, 1.82) is 0 Å². The first-order valence-electron chi connectivity index (χ1n) is 5.04. The molecular formula is C12H15N. The van der Waals surface area contributed by atoms with E-state index in [1.54, 1.807) is 0 Å². The summed E-state index contributed by atoms with van der Waals surface area (Å²) in [5.74, 6) is 0. The molecule has 0 amide bonds. The minimum Gasteiger partial charge on any atom is -0.281 e. The average molecular weight is 173 g/mol. The standard InChI is InChI=1S/C12H15N/c1-3-7-11(8-4-1)12-9-5-2-6-10-13-12/h2,5-7,9H,1,3-4,8,10H2. The number of aliphatic imine (C=N–C) groups is 1. The van der Waals surface area contributed by atoms with Crippen LogP contribution in [0.1, 0.15) is 25.7 Å². The van der Waals surface area contributed by atoms with Crippen molar-refractivity contribution in [3.05, 3.63) is 36.0 Å². The van der Waals surface area contributed by atoms with Crippen LogP contribution in [0.15, 0.2) is 40.9 Å². The van der Waals surface area contributed by atoms with Crippen LogP contribution in [0, 0.1) is 0 Å². The van der Waals surface area contributed by atoms with E-state index in [9.17, 15) is 0 Å². The van der Waals surface area contributed by atoms with Gasteiger partial charge in [0.05, 0.1) is 12.3 Å². The summed E-state index contributed by atoms with van der Waals surface area (Å²) in [5.41, 5.74) is 2.65. The number of hydrogen-bond donors (Lipinski definition) is 0. The molecule has 0 bridgehead atoms. The summed E-state index contributed by atoms with van der Waals surface area (Å²) in [5, 5.41) is 0.